The fraction of sp³-hybridized carbons (Fsp3) is 0.909. The van der Waals surface area contributed by atoms with Crippen molar-refractivity contribution in [1.82, 2.24) is 10.2 Å². The van der Waals surface area contributed by atoms with Crippen molar-refractivity contribution in [1.29, 1.82) is 0 Å². The van der Waals surface area contributed by atoms with E-state index in [1.807, 2.05) is 30.5 Å². The molecule has 1 N–H and O–H groups in total. The van der Waals surface area contributed by atoms with Gasteiger partial charge >= 0.3 is 0 Å². The van der Waals surface area contributed by atoms with E-state index in [1.165, 1.54) is 24.3 Å². The van der Waals surface area contributed by atoms with E-state index in [4.69, 9.17) is 0 Å². The number of hydrogen-bond donors (Lipinski definition) is 1. The maximum atomic E-state index is 11.7. The average molecular weight is 230 g/mol. The molecule has 1 amide bonds. The molecule has 0 spiro atoms. The van der Waals surface area contributed by atoms with Crippen molar-refractivity contribution in [2.24, 2.45) is 0 Å². The van der Waals surface area contributed by atoms with Crippen LogP contribution < -0.4 is 5.32 Å². The molecular weight excluding hydrogens is 208 g/mol. The van der Waals surface area contributed by atoms with Gasteiger partial charge in [0.1, 0.15) is 0 Å². The number of likely N-dealkylation sites (N-methyl/N-ethyl adjacent to an activating group) is 1. The summed E-state index contributed by atoms with van der Waals surface area (Å²) in [7, 11) is 0. The molecule has 3 nitrogen and oxygen atoms in total. The third kappa shape index (κ3) is 4.43. The van der Waals surface area contributed by atoms with Crippen LogP contribution in [0.4, 0.5) is 0 Å². The molecule has 0 atom stereocenters. The Hall–Kier alpha value is -0.220. The SMILES string of the molecule is CCN(CC)C(=O)CNC1CCSCC1. The van der Waals surface area contributed by atoms with Gasteiger partial charge in [-0.15, -0.1) is 0 Å². The smallest absolute Gasteiger partial charge is 0.236 e. The van der Waals surface area contributed by atoms with E-state index in [0.29, 0.717) is 12.6 Å². The molecule has 0 aromatic carbocycles. The molecule has 1 heterocycles. The van der Waals surface area contributed by atoms with Crippen LogP contribution in [0, 0.1) is 0 Å². The second-order valence-corrected chi connectivity index (χ2v) is 5.06. The van der Waals surface area contributed by atoms with Gasteiger partial charge in [0.25, 0.3) is 0 Å². The molecular formula is C11H22N2OS. The minimum absolute atomic E-state index is 0.234. The Bertz CT molecular complexity index is 189. The van der Waals surface area contributed by atoms with Gasteiger partial charge in [0.05, 0.1) is 6.54 Å². The maximum Gasteiger partial charge on any atom is 0.236 e. The van der Waals surface area contributed by atoms with Crippen LogP contribution >= 0.6 is 11.8 Å². The molecule has 1 aliphatic rings. The average Bonchev–Trinajstić information content (AvgIpc) is 2.29. The fourth-order valence-corrected chi connectivity index (χ4v) is 2.93. The zero-order valence-electron chi connectivity index (χ0n) is 9.79. The minimum Gasteiger partial charge on any atom is -0.342 e. The highest BCUT2D eigenvalue weighted by Crippen LogP contribution is 2.16. The predicted molar refractivity (Wildman–Crippen MR) is 66.3 cm³/mol. The molecule has 1 saturated heterocycles. The summed E-state index contributed by atoms with van der Waals surface area (Å²) in [6, 6.07) is 0.561. The highest BCUT2D eigenvalue weighted by atomic mass is 32.2. The van der Waals surface area contributed by atoms with Gasteiger partial charge in [-0.1, -0.05) is 0 Å². The summed E-state index contributed by atoms with van der Waals surface area (Å²) in [5, 5.41) is 3.37. The highest BCUT2D eigenvalue weighted by Gasteiger charge is 2.15. The number of carbonyl (C=O) groups is 1. The fourth-order valence-electron chi connectivity index (χ4n) is 1.82. The Labute approximate surface area is 97.0 Å². The lowest BCUT2D eigenvalue weighted by molar-refractivity contribution is -0.130. The van der Waals surface area contributed by atoms with Gasteiger partial charge in [0, 0.05) is 19.1 Å². The van der Waals surface area contributed by atoms with Crippen molar-refractivity contribution < 1.29 is 4.79 Å². The molecule has 0 unspecified atom stereocenters. The van der Waals surface area contributed by atoms with Gasteiger partial charge in [-0.05, 0) is 38.2 Å². The normalized spacial score (nSPS) is 17.7. The summed E-state index contributed by atoms with van der Waals surface area (Å²) in [5.74, 6) is 2.70. The molecule has 88 valence electrons. The third-order valence-corrected chi connectivity index (χ3v) is 3.93. The summed E-state index contributed by atoms with van der Waals surface area (Å²) < 4.78 is 0. The standard InChI is InChI=1S/C11H22N2OS/c1-3-13(4-2)11(14)9-12-10-5-7-15-8-6-10/h10,12H,3-9H2,1-2H3. The molecule has 1 aliphatic heterocycles. The number of amides is 1. The topological polar surface area (TPSA) is 32.3 Å². The number of rotatable bonds is 5. The Morgan fingerprint density at radius 1 is 1.33 bits per heavy atom. The van der Waals surface area contributed by atoms with E-state index < -0.39 is 0 Å². The molecule has 0 aromatic heterocycles. The second kappa shape index (κ2) is 7.12. The molecule has 1 rings (SSSR count). The van der Waals surface area contributed by atoms with Crippen molar-refractivity contribution in [2.75, 3.05) is 31.1 Å². The van der Waals surface area contributed by atoms with Crippen LogP contribution in [0.2, 0.25) is 0 Å². The third-order valence-electron chi connectivity index (χ3n) is 2.88. The first kappa shape index (κ1) is 12.8. The molecule has 0 bridgehead atoms. The zero-order valence-corrected chi connectivity index (χ0v) is 10.6. The van der Waals surface area contributed by atoms with Crippen molar-refractivity contribution >= 4 is 17.7 Å². The summed E-state index contributed by atoms with van der Waals surface area (Å²) in [6.45, 7) is 6.20. The number of hydrogen-bond acceptors (Lipinski definition) is 3. The summed E-state index contributed by atoms with van der Waals surface area (Å²) in [6.07, 6.45) is 2.41. The lowest BCUT2D eigenvalue weighted by Crippen LogP contribution is -2.42. The van der Waals surface area contributed by atoms with E-state index in [1.54, 1.807) is 0 Å². The first-order chi connectivity index (χ1) is 7.27. The molecule has 1 fully saturated rings. The van der Waals surface area contributed by atoms with Crippen LogP contribution in [0.5, 0.6) is 0 Å². The largest absolute Gasteiger partial charge is 0.342 e. The van der Waals surface area contributed by atoms with E-state index in [-0.39, 0.29) is 5.91 Å². The van der Waals surface area contributed by atoms with Crippen LogP contribution in [0.15, 0.2) is 0 Å². The monoisotopic (exact) mass is 230 g/mol. The van der Waals surface area contributed by atoms with Gasteiger partial charge < -0.3 is 10.2 Å². The molecule has 0 aliphatic carbocycles. The number of thioether (sulfide) groups is 1. The Morgan fingerprint density at radius 3 is 2.47 bits per heavy atom. The van der Waals surface area contributed by atoms with Crippen molar-refractivity contribution in [3.8, 4) is 0 Å². The molecule has 15 heavy (non-hydrogen) atoms. The van der Waals surface area contributed by atoms with E-state index in [2.05, 4.69) is 5.32 Å². The van der Waals surface area contributed by atoms with E-state index in [0.717, 1.165) is 13.1 Å². The number of carbonyl (C=O) groups excluding carboxylic acids is 1. The van der Waals surface area contributed by atoms with Gasteiger partial charge in [-0.25, -0.2) is 0 Å². The maximum absolute atomic E-state index is 11.7. The Balaban J connectivity index is 2.20. The molecule has 4 heteroatoms. The van der Waals surface area contributed by atoms with Gasteiger partial charge in [0.15, 0.2) is 0 Å². The molecule has 0 saturated carbocycles. The van der Waals surface area contributed by atoms with Crippen molar-refractivity contribution in [3.63, 3.8) is 0 Å². The van der Waals surface area contributed by atoms with Gasteiger partial charge in [-0.2, -0.15) is 11.8 Å². The first-order valence-corrected chi connectivity index (χ1v) is 7.02. The van der Waals surface area contributed by atoms with Gasteiger partial charge in [0.2, 0.25) is 5.91 Å². The van der Waals surface area contributed by atoms with Crippen molar-refractivity contribution in [3.05, 3.63) is 0 Å². The lowest BCUT2D eigenvalue weighted by atomic mass is 10.1. The first-order valence-electron chi connectivity index (χ1n) is 5.86. The Kier molecular flexibility index (Phi) is 6.10. The van der Waals surface area contributed by atoms with E-state index in [9.17, 15) is 4.79 Å². The number of nitrogens with one attached hydrogen (secondary N) is 1. The van der Waals surface area contributed by atoms with Crippen LogP contribution in [0.1, 0.15) is 26.7 Å². The van der Waals surface area contributed by atoms with Gasteiger partial charge in [-0.3, -0.25) is 4.79 Å². The Morgan fingerprint density at radius 2 is 1.93 bits per heavy atom. The zero-order chi connectivity index (χ0) is 11.1. The van der Waals surface area contributed by atoms with Crippen LogP contribution in [0.25, 0.3) is 0 Å². The number of nitrogens with zero attached hydrogens (tertiary/aromatic N) is 1. The van der Waals surface area contributed by atoms with Crippen LogP contribution in [-0.4, -0.2) is 48.0 Å². The lowest BCUT2D eigenvalue weighted by Gasteiger charge is -2.24. The predicted octanol–water partition coefficient (Wildman–Crippen LogP) is 1.34. The highest BCUT2D eigenvalue weighted by molar-refractivity contribution is 7.99. The van der Waals surface area contributed by atoms with Crippen molar-refractivity contribution in [2.45, 2.75) is 32.7 Å². The molecule has 0 aromatic rings. The summed E-state index contributed by atoms with van der Waals surface area (Å²) >= 11 is 2.01. The summed E-state index contributed by atoms with van der Waals surface area (Å²) in [4.78, 5) is 13.6. The minimum atomic E-state index is 0.234. The summed E-state index contributed by atoms with van der Waals surface area (Å²) in [5.41, 5.74) is 0. The van der Waals surface area contributed by atoms with Crippen LogP contribution in [-0.2, 0) is 4.79 Å². The second-order valence-electron chi connectivity index (χ2n) is 3.83. The van der Waals surface area contributed by atoms with Crippen LogP contribution in [0.3, 0.4) is 0 Å². The van der Waals surface area contributed by atoms with E-state index >= 15 is 0 Å². The molecule has 0 radical (unpaired) electrons. The quantitative estimate of drug-likeness (QED) is 0.773.